The van der Waals surface area contributed by atoms with Gasteiger partial charge in [-0.05, 0) is 31.4 Å². The fourth-order valence-corrected chi connectivity index (χ4v) is 4.88. The van der Waals surface area contributed by atoms with Gasteiger partial charge in [-0.25, -0.2) is 9.48 Å². The van der Waals surface area contributed by atoms with Gasteiger partial charge in [0.1, 0.15) is 24.7 Å². The standard InChI is InChI=1S/C25H26N4O5S/c1-15(2)10-16-11-18-21(12-20(16)32-3)34-13-19-22(27-29(23(18)19)17-4-9-35-14-17)24(30)26-5-6-28-7-8-33-25(28)31/h4,9-12,14H,5-8,13H2,1-3H3,(H,26,30). The van der Waals surface area contributed by atoms with Crippen LogP contribution >= 0.6 is 11.3 Å². The molecule has 0 unspecified atom stereocenters. The summed E-state index contributed by atoms with van der Waals surface area (Å²) in [5.41, 5.74) is 5.62. The van der Waals surface area contributed by atoms with Crippen molar-refractivity contribution >= 4 is 29.4 Å². The Kier molecular flexibility index (Phi) is 6.21. The zero-order valence-corrected chi connectivity index (χ0v) is 20.6. The van der Waals surface area contributed by atoms with Crippen molar-refractivity contribution in [1.29, 1.82) is 0 Å². The lowest BCUT2D eigenvalue weighted by molar-refractivity contribution is 0.0941. The molecule has 1 aromatic carbocycles. The number of nitrogens with zero attached hydrogens (tertiary/aromatic N) is 3. The summed E-state index contributed by atoms with van der Waals surface area (Å²) >= 11 is 1.56. The first-order chi connectivity index (χ1) is 17.0. The minimum absolute atomic E-state index is 0.207. The summed E-state index contributed by atoms with van der Waals surface area (Å²) in [6, 6.07) is 5.87. The molecule has 2 aliphatic rings. The predicted molar refractivity (Wildman–Crippen MR) is 132 cm³/mol. The predicted octanol–water partition coefficient (Wildman–Crippen LogP) is 4.11. The zero-order chi connectivity index (χ0) is 24.5. The van der Waals surface area contributed by atoms with Gasteiger partial charge < -0.3 is 24.4 Å². The molecule has 0 spiro atoms. The molecule has 182 valence electrons. The van der Waals surface area contributed by atoms with Crippen molar-refractivity contribution in [3.05, 3.63) is 51.4 Å². The lowest BCUT2D eigenvalue weighted by Gasteiger charge is -2.21. The van der Waals surface area contributed by atoms with E-state index in [-0.39, 0.29) is 18.6 Å². The number of hydrogen-bond acceptors (Lipinski definition) is 7. The van der Waals surface area contributed by atoms with E-state index in [9.17, 15) is 9.59 Å². The van der Waals surface area contributed by atoms with Gasteiger partial charge >= 0.3 is 6.09 Å². The van der Waals surface area contributed by atoms with E-state index in [2.05, 4.69) is 11.4 Å². The molecule has 10 heteroatoms. The lowest BCUT2D eigenvalue weighted by atomic mass is 9.98. The first kappa shape index (κ1) is 23.0. The average molecular weight is 495 g/mol. The summed E-state index contributed by atoms with van der Waals surface area (Å²) in [5, 5.41) is 11.6. The third-order valence-corrected chi connectivity index (χ3v) is 6.54. The molecule has 0 aliphatic carbocycles. The van der Waals surface area contributed by atoms with E-state index in [0.29, 0.717) is 43.4 Å². The highest BCUT2D eigenvalue weighted by Crippen LogP contribution is 2.44. The highest BCUT2D eigenvalue weighted by atomic mass is 32.1. The molecule has 5 rings (SSSR count). The van der Waals surface area contributed by atoms with Crippen molar-refractivity contribution in [2.45, 2.75) is 20.5 Å². The summed E-state index contributed by atoms with van der Waals surface area (Å²) in [7, 11) is 1.64. The van der Waals surface area contributed by atoms with Gasteiger partial charge in [0.15, 0.2) is 5.69 Å². The van der Waals surface area contributed by atoms with Crippen LogP contribution in [0.4, 0.5) is 4.79 Å². The van der Waals surface area contributed by atoms with Gasteiger partial charge in [0.25, 0.3) is 5.91 Å². The molecule has 9 nitrogen and oxygen atoms in total. The van der Waals surface area contributed by atoms with E-state index >= 15 is 0 Å². The van der Waals surface area contributed by atoms with Gasteiger partial charge in [-0.2, -0.15) is 16.4 Å². The first-order valence-corrected chi connectivity index (χ1v) is 12.2. The SMILES string of the molecule is COc1cc2c(cc1C=C(C)C)-c1c(c(C(=O)NCCN3CCOC3=O)nn1-c1ccsc1)CO2. The second-order valence-corrected chi connectivity index (χ2v) is 9.31. The summed E-state index contributed by atoms with van der Waals surface area (Å²) in [6.07, 6.45) is 1.70. The van der Waals surface area contributed by atoms with Crippen molar-refractivity contribution in [3.8, 4) is 28.4 Å². The summed E-state index contributed by atoms with van der Waals surface area (Å²) in [6.45, 7) is 5.84. The van der Waals surface area contributed by atoms with Crippen LogP contribution in [0.2, 0.25) is 0 Å². The first-order valence-electron chi connectivity index (χ1n) is 11.3. The Morgan fingerprint density at radius 2 is 2.17 bits per heavy atom. The maximum atomic E-state index is 13.2. The number of rotatable bonds is 7. The molecule has 4 heterocycles. The number of thiophene rings is 1. The molecule has 1 fully saturated rings. The van der Waals surface area contributed by atoms with Crippen LogP contribution in [0.25, 0.3) is 23.0 Å². The maximum Gasteiger partial charge on any atom is 0.409 e. The molecule has 35 heavy (non-hydrogen) atoms. The lowest BCUT2D eigenvalue weighted by Crippen LogP contribution is -2.36. The summed E-state index contributed by atoms with van der Waals surface area (Å²) in [5.74, 6) is 1.08. The molecular weight excluding hydrogens is 468 g/mol. The van der Waals surface area contributed by atoms with Crippen LogP contribution in [0, 0.1) is 0 Å². The van der Waals surface area contributed by atoms with Gasteiger partial charge in [0.05, 0.1) is 25.0 Å². The number of cyclic esters (lactones) is 1. The fraction of sp³-hybridized carbons (Fsp3) is 0.320. The number of hydrogen-bond donors (Lipinski definition) is 1. The number of ether oxygens (including phenoxy) is 3. The second kappa shape index (κ2) is 9.46. The molecule has 1 N–H and O–H groups in total. The smallest absolute Gasteiger partial charge is 0.409 e. The molecule has 3 aromatic rings. The van der Waals surface area contributed by atoms with E-state index in [4.69, 9.17) is 19.3 Å². The largest absolute Gasteiger partial charge is 0.496 e. The highest BCUT2D eigenvalue weighted by molar-refractivity contribution is 7.08. The van der Waals surface area contributed by atoms with Gasteiger partial charge in [-0.1, -0.05) is 11.6 Å². The van der Waals surface area contributed by atoms with Crippen molar-refractivity contribution < 1.29 is 23.8 Å². The van der Waals surface area contributed by atoms with E-state index < -0.39 is 0 Å². The number of aromatic nitrogens is 2. The van der Waals surface area contributed by atoms with Crippen LogP contribution in [0.15, 0.2) is 34.5 Å². The molecule has 0 radical (unpaired) electrons. The van der Waals surface area contributed by atoms with Crippen LogP contribution in [-0.2, 0) is 11.3 Å². The van der Waals surface area contributed by atoms with Gasteiger partial charge in [0.2, 0.25) is 0 Å². The van der Waals surface area contributed by atoms with E-state index in [1.54, 1.807) is 28.0 Å². The van der Waals surface area contributed by atoms with E-state index in [1.165, 1.54) is 0 Å². The van der Waals surface area contributed by atoms with Gasteiger partial charge in [0, 0.05) is 41.2 Å². The molecule has 0 bridgehead atoms. The number of benzene rings is 1. The van der Waals surface area contributed by atoms with Gasteiger partial charge in [-0.3, -0.25) is 4.79 Å². The maximum absolute atomic E-state index is 13.2. The molecule has 2 aliphatic heterocycles. The average Bonchev–Trinajstić information content (AvgIpc) is 3.58. The Balaban J connectivity index is 1.53. The summed E-state index contributed by atoms with van der Waals surface area (Å²) < 4.78 is 18.4. The third-order valence-electron chi connectivity index (χ3n) is 5.86. The van der Waals surface area contributed by atoms with Gasteiger partial charge in [-0.15, -0.1) is 0 Å². The second-order valence-electron chi connectivity index (χ2n) is 8.53. The number of carbonyl (C=O) groups is 2. The topological polar surface area (TPSA) is 94.9 Å². The number of amides is 2. The molecule has 2 aromatic heterocycles. The van der Waals surface area contributed by atoms with E-state index in [1.807, 2.05) is 42.8 Å². The third kappa shape index (κ3) is 4.37. The van der Waals surface area contributed by atoms with E-state index in [0.717, 1.165) is 33.6 Å². The number of nitrogens with one attached hydrogen (secondary N) is 1. The molecule has 2 amide bonds. The van der Waals surface area contributed by atoms with Crippen LogP contribution in [-0.4, -0.2) is 60.0 Å². The summed E-state index contributed by atoms with van der Waals surface area (Å²) in [4.78, 5) is 26.4. The van der Waals surface area contributed by atoms with Crippen LogP contribution in [0.1, 0.15) is 35.5 Å². The quantitative estimate of drug-likeness (QED) is 0.531. The Labute approximate surface area is 206 Å². The Morgan fingerprint density at radius 3 is 2.86 bits per heavy atom. The van der Waals surface area contributed by atoms with Crippen LogP contribution in [0.3, 0.4) is 0 Å². The zero-order valence-electron chi connectivity index (χ0n) is 19.8. The Bertz CT molecular complexity index is 1310. The molecule has 0 atom stereocenters. The van der Waals surface area contributed by atoms with Crippen molar-refractivity contribution in [2.75, 3.05) is 33.4 Å². The number of carbonyl (C=O) groups excluding carboxylic acids is 2. The number of methoxy groups -OCH3 is 1. The normalized spacial score (nSPS) is 14.0. The van der Waals surface area contributed by atoms with Crippen molar-refractivity contribution in [2.24, 2.45) is 0 Å². The van der Waals surface area contributed by atoms with Crippen molar-refractivity contribution in [1.82, 2.24) is 20.0 Å². The molecule has 1 saturated heterocycles. The monoisotopic (exact) mass is 494 g/mol. The molecular formula is C25H26N4O5S. The Morgan fingerprint density at radius 1 is 1.31 bits per heavy atom. The fourth-order valence-electron chi connectivity index (χ4n) is 4.26. The highest BCUT2D eigenvalue weighted by Gasteiger charge is 2.31. The minimum atomic E-state index is -0.356. The Hall–Kier alpha value is -3.79. The molecule has 0 saturated carbocycles. The number of allylic oxidation sites excluding steroid dienone is 1. The van der Waals surface area contributed by atoms with Crippen LogP contribution < -0.4 is 14.8 Å². The number of fused-ring (bicyclic) bond motifs is 3. The minimum Gasteiger partial charge on any atom is -0.496 e. The van der Waals surface area contributed by atoms with Crippen molar-refractivity contribution in [3.63, 3.8) is 0 Å². The van der Waals surface area contributed by atoms with Crippen LogP contribution in [0.5, 0.6) is 11.5 Å².